The molecule has 0 bridgehead atoms. The van der Waals surface area contributed by atoms with Crippen LogP contribution in [0.1, 0.15) is 0 Å². The second-order valence-corrected chi connectivity index (χ2v) is 0. The fourth-order valence-corrected chi connectivity index (χ4v) is 0. The monoisotopic (exact) mass is 616 g/mol. The van der Waals surface area contributed by atoms with Gasteiger partial charge >= 0.3 is 0 Å². The SMILES string of the molecule is [Gd].[Nb].[Ta].[W]. The van der Waals surface area contributed by atoms with Crippen molar-refractivity contribution in [3.63, 3.8) is 0 Å². The summed E-state index contributed by atoms with van der Waals surface area (Å²) >= 11 is 0. The molecule has 0 amide bonds. The van der Waals surface area contributed by atoms with Crippen LogP contribution in [0.15, 0.2) is 0 Å². The van der Waals surface area contributed by atoms with Crippen molar-refractivity contribution in [2.45, 2.75) is 0 Å². The van der Waals surface area contributed by atoms with Gasteiger partial charge in [-0.3, -0.25) is 0 Å². The minimum atomic E-state index is 0. The normalized spacial score (nSPS) is 0. The van der Waals surface area contributed by atoms with Gasteiger partial charge < -0.3 is 0 Å². The maximum absolute atomic E-state index is 0. The summed E-state index contributed by atoms with van der Waals surface area (Å²) in [4.78, 5) is 0. The molecule has 0 saturated heterocycles. The van der Waals surface area contributed by atoms with Crippen molar-refractivity contribution in [1.82, 2.24) is 0 Å². The van der Waals surface area contributed by atoms with Gasteiger partial charge in [0.1, 0.15) is 0 Å². The minimum absolute atomic E-state index is 0. The maximum atomic E-state index is 0. The maximum Gasteiger partial charge on any atom is 0 e. The molecule has 0 nitrogen and oxygen atoms in total. The van der Waals surface area contributed by atoms with E-state index < -0.39 is 0 Å². The fourth-order valence-electron chi connectivity index (χ4n) is 0. The zero-order valence-corrected chi connectivity index (χ0v) is 12.3. The molecule has 0 rings (SSSR count). The molecule has 0 atom stereocenters. The standard InChI is InChI=1S/Gd.Nb.Ta.W. The van der Waals surface area contributed by atoms with Gasteiger partial charge in [-0.2, -0.15) is 0 Å². The Hall–Kier alpha value is 3.49. The van der Waals surface area contributed by atoms with E-state index in [0.29, 0.717) is 0 Å². The van der Waals surface area contributed by atoms with Gasteiger partial charge in [0.2, 0.25) is 0 Å². The third-order valence-electron chi connectivity index (χ3n) is 0. The summed E-state index contributed by atoms with van der Waals surface area (Å²) in [6, 6.07) is 0. The number of hydrogen-bond acceptors (Lipinski definition) is 0. The zero-order chi connectivity index (χ0) is 0. The van der Waals surface area contributed by atoms with Gasteiger partial charge in [0.15, 0.2) is 0 Å². The third-order valence-corrected chi connectivity index (χ3v) is 0. The van der Waals surface area contributed by atoms with Gasteiger partial charge in [-0.15, -0.1) is 0 Å². The van der Waals surface area contributed by atoms with Gasteiger partial charge in [-0.05, 0) is 0 Å². The van der Waals surface area contributed by atoms with Crippen LogP contribution in [-0.2, 0) is 65.8 Å². The second-order valence-electron chi connectivity index (χ2n) is 0. The molecule has 0 heterocycles. The van der Waals surface area contributed by atoms with E-state index in [1.54, 1.807) is 0 Å². The van der Waals surface area contributed by atoms with E-state index in [4.69, 9.17) is 0 Å². The zero-order valence-electron chi connectivity index (χ0n) is 1.66. The van der Waals surface area contributed by atoms with E-state index in [1.807, 2.05) is 0 Å². The van der Waals surface area contributed by atoms with Gasteiger partial charge in [0.25, 0.3) is 0 Å². The Bertz CT molecular complexity index is 8.00. The van der Waals surface area contributed by atoms with E-state index >= 15 is 0 Å². The molecule has 0 aliphatic rings. The first-order valence-electron chi connectivity index (χ1n) is 0. The van der Waals surface area contributed by atoms with E-state index in [-0.39, 0.29) is 106 Å². The van der Waals surface area contributed by atoms with Crippen LogP contribution in [0.5, 0.6) is 0 Å². The average molecular weight is 615 g/mol. The molecule has 4 heavy (non-hydrogen) atoms. The molecule has 0 saturated carbocycles. The Labute approximate surface area is 103 Å². The molecule has 24 valence electrons. The average Bonchev–Trinajstić information content (AvgIpc) is 0. The summed E-state index contributed by atoms with van der Waals surface area (Å²) in [6.45, 7) is 0. The molecular formula is GdNbTaW. The second kappa shape index (κ2) is 16.1. The molecule has 4 heteroatoms. The van der Waals surface area contributed by atoms with Crippen molar-refractivity contribution in [3.05, 3.63) is 0 Å². The Morgan fingerprint density at radius 3 is 1.00 bits per heavy atom. The Balaban J connectivity index is 0. The smallest absolute Gasteiger partial charge is 0 e. The quantitative estimate of drug-likeness (QED) is 0.337. The van der Waals surface area contributed by atoms with E-state index in [1.165, 1.54) is 0 Å². The van der Waals surface area contributed by atoms with Crippen LogP contribution in [0, 0.1) is 39.9 Å². The van der Waals surface area contributed by atoms with Crippen LogP contribution in [0.3, 0.4) is 0 Å². The predicted octanol–water partition coefficient (Wildman–Crippen LogP) is -0.00750. The molecular weight excluding hydrogens is 615 g/mol. The van der Waals surface area contributed by atoms with E-state index in [9.17, 15) is 0 Å². The summed E-state index contributed by atoms with van der Waals surface area (Å²) in [7, 11) is 0. The van der Waals surface area contributed by atoms with Crippen molar-refractivity contribution < 1.29 is 106 Å². The summed E-state index contributed by atoms with van der Waals surface area (Å²) < 4.78 is 0. The summed E-state index contributed by atoms with van der Waals surface area (Å²) in [6.07, 6.45) is 0. The van der Waals surface area contributed by atoms with Gasteiger partial charge in [-0.1, -0.05) is 0 Å². The molecule has 0 aromatic rings. The predicted molar refractivity (Wildman–Crippen MR) is 0 cm³/mol. The van der Waals surface area contributed by atoms with Gasteiger partial charge in [0.05, 0.1) is 0 Å². The van der Waals surface area contributed by atoms with Crippen LogP contribution in [-0.4, -0.2) is 0 Å². The molecule has 0 aliphatic heterocycles. The molecule has 0 N–H and O–H groups in total. The topological polar surface area (TPSA) is 0 Å². The molecule has 0 aromatic carbocycles. The Morgan fingerprint density at radius 2 is 1.00 bits per heavy atom. The van der Waals surface area contributed by atoms with Crippen molar-refractivity contribution in [1.29, 1.82) is 0 Å². The fraction of sp³-hybridized carbons (Fsp3) is 0. The van der Waals surface area contributed by atoms with Gasteiger partial charge in [-0.25, -0.2) is 0 Å². The molecule has 0 unspecified atom stereocenters. The van der Waals surface area contributed by atoms with Crippen LogP contribution < -0.4 is 0 Å². The minimum Gasteiger partial charge on any atom is 0 e. The van der Waals surface area contributed by atoms with Crippen molar-refractivity contribution in [2.75, 3.05) is 0 Å². The molecule has 0 spiro atoms. The summed E-state index contributed by atoms with van der Waals surface area (Å²) in [5, 5.41) is 0. The van der Waals surface area contributed by atoms with Crippen molar-refractivity contribution in [3.8, 4) is 0 Å². The molecule has 0 aliphatic carbocycles. The number of rotatable bonds is 0. The first kappa shape index (κ1) is 25.9. The van der Waals surface area contributed by atoms with Crippen molar-refractivity contribution in [2.24, 2.45) is 0 Å². The van der Waals surface area contributed by atoms with Crippen LogP contribution >= 0.6 is 0 Å². The van der Waals surface area contributed by atoms with Crippen LogP contribution in [0.25, 0.3) is 0 Å². The molecule has 0 fully saturated rings. The van der Waals surface area contributed by atoms with E-state index in [2.05, 4.69) is 0 Å². The summed E-state index contributed by atoms with van der Waals surface area (Å²) in [5.41, 5.74) is 0. The largest absolute Gasteiger partial charge is 0 e. The molecule has 2 radical (unpaired) electrons. The first-order chi connectivity index (χ1) is 0. The van der Waals surface area contributed by atoms with Gasteiger partial charge in [0, 0.05) is 106 Å². The molecule has 0 aromatic heterocycles. The summed E-state index contributed by atoms with van der Waals surface area (Å²) in [5.74, 6) is 0. The Kier molecular flexibility index (Phi) is 104. The van der Waals surface area contributed by atoms with E-state index in [0.717, 1.165) is 0 Å². The number of hydrogen-bond donors (Lipinski definition) is 0. The van der Waals surface area contributed by atoms with Crippen LogP contribution in [0.4, 0.5) is 0 Å². The third kappa shape index (κ3) is 9.09. The van der Waals surface area contributed by atoms with Crippen LogP contribution in [0.2, 0.25) is 0 Å². The first-order valence-corrected chi connectivity index (χ1v) is 0. The van der Waals surface area contributed by atoms with Crippen molar-refractivity contribution >= 4 is 0 Å². The Morgan fingerprint density at radius 1 is 1.00 bits per heavy atom.